The zero-order chi connectivity index (χ0) is 20.0. The molecule has 0 unspecified atom stereocenters. The maximum atomic E-state index is 12.9. The number of benzene rings is 2. The normalized spacial score (nSPS) is 16.1. The first-order chi connectivity index (χ1) is 14.2. The lowest BCUT2D eigenvalue weighted by Crippen LogP contribution is -2.21. The van der Waals surface area contributed by atoms with Crippen LogP contribution in [0.5, 0.6) is 11.5 Å². The largest absolute Gasteiger partial charge is 0.497 e. The zero-order valence-corrected chi connectivity index (χ0v) is 16.2. The number of methoxy groups -OCH3 is 2. The molecule has 0 saturated heterocycles. The average Bonchev–Trinajstić information content (AvgIpc) is 3.37. The molecule has 2 aromatic heterocycles. The molecular formula is C22H20N4O3. The molecule has 1 aliphatic carbocycles. The van der Waals surface area contributed by atoms with Crippen molar-refractivity contribution in [3.63, 3.8) is 0 Å². The fraction of sp³-hybridized carbons (Fsp3) is 0.227. The van der Waals surface area contributed by atoms with E-state index in [1.807, 2.05) is 42.5 Å². The van der Waals surface area contributed by atoms with E-state index in [4.69, 9.17) is 9.47 Å². The lowest BCUT2D eigenvalue weighted by atomic mass is 9.82. The molecule has 0 bridgehead atoms. The van der Waals surface area contributed by atoms with E-state index in [0.29, 0.717) is 24.4 Å². The van der Waals surface area contributed by atoms with Gasteiger partial charge in [0.2, 0.25) is 5.95 Å². The van der Waals surface area contributed by atoms with Crippen molar-refractivity contribution in [2.24, 2.45) is 0 Å². The number of rotatable bonds is 4. The third kappa shape index (κ3) is 2.86. The number of imidazole rings is 1. The van der Waals surface area contributed by atoms with Crippen molar-refractivity contribution < 1.29 is 14.3 Å². The van der Waals surface area contributed by atoms with Crippen LogP contribution >= 0.6 is 0 Å². The van der Waals surface area contributed by atoms with Gasteiger partial charge in [0.15, 0.2) is 5.78 Å². The Morgan fingerprint density at radius 3 is 2.76 bits per heavy atom. The molecule has 7 nitrogen and oxygen atoms in total. The summed E-state index contributed by atoms with van der Waals surface area (Å²) in [6, 6.07) is 13.5. The number of carbonyl (C=O) groups is 1. The molecule has 0 amide bonds. The lowest BCUT2D eigenvalue weighted by molar-refractivity contribution is 0.0963. The number of hydrogen-bond donors (Lipinski definition) is 1. The van der Waals surface area contributed by atoms with Gasteiger partial charge in [0, 0.05) is 18.4 Å². The van der Waals surface area contributed by atoms with Gasteiger partial charge >= 0.3 is 0 Å². The molecule has 146 valence electrons. The molecule has 0 fully saturated rings. The molecule has 4 aromatic rings. The maximum absolute atomic E-state index is 12.9. The summed E-state index contributed by atoms with van der Waals surface area (Å²) in [5, 5.41) is 4.46. The van der Waals surface area contributed by atoms with Gasteiger partial charge < -0.3 is 14.5 Å². The number of ether oxygens (including phenoxy) is 2. The summed E-state index contributed by atoms with van der Waals surface area (Å²) in [6.07, 6.45) is 2.73. The second kappa shape index (κ2) is 6.77. The van der Waals surface area contributed by atoms with E-state index in [2.05, 4.69) is 15.1 Å². The summed E-state index contributed by atoms with van der Waals surface area (Å²) in [6.45, 7) is 0. The molecule has 0 aliphatic heterocycles. The molecule has 1 N–H and O–H groups in total. The molecule has 0 spiro atoms. The third-order valence-corrected chi connectivity index (χ3v) is 5.50. The summed E-state index contributed by atoms with van der Waals surface area (Å²) < 4.78 is 12.6. The van der Waals surface area contributed by atoms with Crippen LogP contribution < -0.4 is 9.47 Å². The van der Waals surface area contributed by atoms with Gasteiger partial charge in [-0.15, -0.1) is 0 Å². The fourth-order valence-corrected chi connectivity index (χ4v) is 4.04. The highest BCUT2D eigenvalue weighted by Crippen LogP contribution is 2.39. The van der Waals surface area contributed by atoms with Crippen LogP contribution in [0.25, 0.3) is 17.0 Å². The number of hydrogen-bond acceptors (Lipinski definition) is 5. The molecule has 0 radical (unpaired) electrons. The van der Waals surface area contributed by atoms with Crippen molar-refractivity contribution in [3.8, 4) is 17.4 Å². The Balaban J connectivity index is 1.56. The lowest BCUT2D eigenvalue weighted by Gasteiger charge is -2.24. The van der Waals surface area contributed by atoms with Gasteiger partial charge in [-0.05, 0) is 30.2 Å². The Kier molecular flexibility index (Phi) is 4.08. The molecule has 2 heterocycles. The highest BCUT2D eigenvalue weighted by Gasteiger charge is 2.32. The summed E-state index contributed by atoms with van der Waals surface area (Å²) >= 11 is 0. The Bertz CT molecular complexity index is 1190. The van der Waals surface area contributed by atoms with Gasteiger partial charge in [-0.25, -0.2) is 9.67 Å². The van der Waals surface area contributed by atoms with Crippen LogP contribution in [0.4, 0.5) is 0 Å². The van der Waals surface area contributed by atoms with Crippen LogP contribution in [0.3, 0.4) is 0 Å². The second-order valence-corrected chi connectivity index (χ2v) is 7.13. The van der Waals surface area contributed by atoms with Crippen LogP contribution in [-0.2, 0) is 6.42 Å². The van der Waals surface area contributed by atoms with Crippen molar-refractivity contribution in [2.75, 3.05) is 14.2 Å². The second-order valence-electron chi connectivity index (χ2n) is 7.13. The Hall–Kier alpha value is -3.61. The van der Waals surface area contributed by atoms with Crippen molar-refractivity contribution in [2.45, 2.75) is 18.8 Å². The zero-order valence-electron chi connectivity index (χ0n) is 16.2. The molecule has 0 saturated carbocycles. The minimum atomic E-state index is -0.00400. The first-order valence-electron chi connectivity index (χ1n) is 9.45. The van der Waals surface area contributed by atoms with Crippen LogP contribution in [0.1, 0.15) is 34.0 Å². The van der Waals surface area contributed by atoms with E-state index < -0.39 is 0 Å². The standard InChI is InChI=1S/C22H20N4O3/c1-28-14-7-8-15(21(11-14)29-2)13-9-19-16(20(27)10-13)12-23-26(19)22-24-17-5-3-4-6-18(17)25-22/h3-8,11-13H,9-10H2,1-2H3,(H,24,25)/t13-/m0/s1. The first kappa shape index (κ1) is 17.5. The molecule has 5 rings (SSSR count). The van der Waals surface area contributed by atoms with E-state index in [0.717, 1.165) is 33.8 Å². The van der Waals surface area contributed by atoms with Crippen LogP contribution in [0.15, 0.2) is 48.7 Å². The number of Topliss-reactive ketones (excluding diaryl/α,β-unsaturated/α-hetero) is 1. The number of H-pyrrole nitrogens is 1. The summed E-state index contributed by atoms with van der Waals surface area (Å²) in [5.41, 5.74) is 4.31. The minimum absolute atomic E-state index is 0.00400. The van der Waals surface area contributed by atoms with E-state index in [-0.39, 0.29) is 11.7 Å². The molecule has 1 aliphatic rings. The fourth-order valence-electron chi connectivity index (χ4n) is 4.04. The monoisotopic (exact) mass is 388 g/mol. The number of aromatic nitrogens is 4. The summed E-state index contributed by atoms with van der Waals surface area (Å²) in [5.74, 6) is 2.14. The number of aromatic amines is 1. The number of fused-ring (bicyclic) bond motifs is 2. The van der Waals surface area contributed by atoms with Gasteiger partial charge in [-0.3, -0.25) is 4.79 Å². The number of nitrogens with one attached hydrogen (secondary N) is 1. The van der Waals surface area contributed by atoms with Crippen molar-refractivity contribution in [3.05, 3.63) is 65.5 Å². The first-order valence-corrected chi connectivity index (χ1v) is 9.45. The van der Waals surface area contributed by atoms with E-state index >= 15 is 0 Å². The van der Waals surface area contributed by atoms with E-state index in [1.54, 1.807) is 25.1 Å². The molecule has 2 aromatic carbocycles. The van der Waals surface area contributed by atoms with Crippen LogP contribution in [-0.4, -0.2) is 39.8 Å². The third-order valence-electron chi connectivity index (χ3n) is 5.50. The van der Waals surface area contributed by atoms with Crippen molar-refractivity contribution in [1.29, 1.82) is 0 Å². The molecule has 1 atom stereocenters. The van der Waals surface area contributed by atoms with Crippen LogP contribution in [0, 0.1) is 0 Å². The number of carbonyl (C=O) groups excluding carboxylic acids is 1. The smallest absolute Gasteiger partial charge is 0.229 e. The average molecular weight is 388 g/mol. The summed E-state index contributed by atoms with van der Waals surface area (Å²) in [7, 11) is 3.25. The van der Waals surface area contributed by atoms with Gasteiger partial charge in [0.25, 0.3) is 0 Å². The Morgan fingerprint density at radius 1 is 1.10 bits per heavy atom. The highest BCUT2D eigenvalue weighted by atomic mass is 16.5. The summed E-state index contributed by atoms with van der Waals surface area (Å²) in [4.78, 5) is 20.8. The molecule has 29 heavy (non-hydrogen) atoms. The Morgan fingerprint density at radius 2 is 1.97 bits per heavy atom. The number of nitrogens with zero attached hydrogens (tertiary/aromatic N) is 3. The van der Waals surface area contributed by atoms with Crippen molar-refractivity contribution >= 4 is 16.8 Å². The number of ketones is 1. The number of para-hydroxylation sites is 2. The minimum Gasteiger partial charge on any atom is -0.497 e. The van der Waals surface area contributed by atoms with Crippen LogP contribution in [0.2, 0.25) is 0 Å². The quantitative estimate of drug-likeness (QED) is 0.577. The molecule has 7 heteroatoms. The van der Waals surface area contributed by atoms with Gasteiger partial charge in [-0.2, -0.15) is 5.10 Å². The topological polar surface area (TPSA) is 82.0 Å². The van der Waals surface area contributed by atoms with Gasteiger partial charge in [-0.1, -0.05) is 18.2 Å². The highest BCUT2D eigenvalue weighted by molar-refractivity contribution is 5.98. The van der Waals surface area contributed by atoms with E-state index in [9.17, 15) is 4.79 Å². The molecular weight excluding hydrogens is 368 g/mol. The predicted octanol–water partition coefficient (Wildman–Crippen LogP) is 3.68. The van der Waals surface area contributed by atoms with Gasteiger partial charge in [0.1, 0.15) is 11.5 Å². The Labute approximate surface area is 167 Å². The SMILES string of the molecule is COc1ccc([C@@H]2CC(=O)c3cnn(-c4nc5ccccc5[nH]4)c3C2)c(OC)c1. The van der Waals surface area contributed by atoms with Crippen molar-refractivity contribution in [1.82, 2.24) is 19.7 Å². The predicted molar refractivity (Wildman–Crippen MR) is 108 cm³/mol. The van der Waals surface area contributed by atoms with Gasteiger partial charge in [0.05, 0.1) is 42.7 Å². The maximum Gasteiger partial charge on any atom is 0.229 e. The van der Waals surface area contributed by atoms with E-state index in [1.165, 1.54) is 0 Å².